The van der Waals surface area contributed by atoms with Gasteiger partial charge in [-0.1, -0.05) is 18.2 Å². The SMILES string of the molecule is CCOc1ccc(N=C2S/C(=C/c3cc(C)n(-c4ccccc4C)c3C)C(=O)N2CC)cc1. The molecular weight excluding hydrogens is 430 g/mol. The van der Waals surface area contributed by atoms with Crippen molar-refractivity contribution in [3.8, 4) is 11.4 Å². The maximum absolute atomic E-state index is 13.1. The quantitative estimate of drug-likeness (QED) is 0.399. The Morgan fingerprint density at radius 1 is 1.03 bits per heavy atom. The van der Waals surface area contributed by atoms with Crippen LogP contribution in [0.4, 0.5) is 5.69 Å². The first-order chi connectivity index (χ1) is 15.9. The first-order valence-electron chi connectivity index (χ1n) is 11.2. The van der Waals surface area contributed by atoms with Gasteiger partial charge in [0.25, 0.3) is 5.91 Å². The van der Waals surface area contributed by atoms with Gasteiger partial charge in [-0.15, -0.1) is 0 Å². The number of para-hydroxylation sites is 1. The van der Waals surface area contributed by atoms with Gasteiger partial charge in [-0.05, 0) is 100.0 Å². The lowest BCUT2D eigenvalue weighted by molar-refractivity contribution is -0.122. The normalized spacial score (nSPS) is 16.3. The Balaban J connectivity index is 1.66. The molecule has 1 aromatic heterocycles. The minimum Gasteiger partial charge on any atom is -0.494 e. The Morgan fingerprint density at radius 2 is 1.76 bits per heavy atom. The van der Waals surface area contributed by atoms with Crippen LogP contribution >= 0.6 is 11.8 Å². The predicted octanol–water partition coefficient (Wildman–Crippen LogP) is 6.43. The van der Waals surface area contributed by atoms with Gasteiger partial charge in [-0.2, -0.15) is 0 Å². The highest BCUT2D eigenvalue weighted by Crippen LogP contribution is 2.35. The fourth-order valence-corrected chi connectivity index (χ4v) is 5.08. The molecule has 4 rings (SSSR count). The summed E-state index contributed by atoms with van der Waals surface area (Å²) in [5.41, 5.74) is 6.47. The number of benzene rings is 2. The summed E-state index contributed by atoms with van der Waals surface area (Å²) in [7, 11) is 0. The zero-order chi connectivity index (χ0) is 23.5. The summed E-state index contributed by atoms with van der Waals surface area (Å²) in [6, 6.07) is 18.1. The number of carbonyl (C=O) groups is 1. The Labute approximate surface area is 199 Å². The zero-order valence-electron chi connectivity index (χ0n) is 19.8. The topological polar surface area (TPSA) is 46.8 Å². The number of thioether (sulfide) groups is 1. The summed E-state index contributed by atoms with van der Waals surface area (Å²) in [5.74, 6) is 0.807. The van der Waals surface area contributed by atoms with E-state index in [9.17, 15) is 4.79 Å². The Hall–Kier alpha value is -3.25. The molecule has 33 heavy (non-hydrogen) atoms. The van der Waals surface area contributed by atoms with Gasteiger partial charge in [0.15, 0.2) is 5.17 Å². The second-order valence-corrected chi connectivity index (χ2v) is 8.94. The molecule has 170 valence electrons. The molecule has 1 aliphatic rings. The van der Waals surface area contributed by atoms with Gasteiger partial charge in [0.1, 0.15) is 5.75 Å². The molecule has 0 N–H and O–H groups in total. The molecule has 5 nitrogen and oxygen atoms in total. The lowest BCUT2D eigenvalue weighted by Crippen LogP contribution is -2.28. The number of ether oxygens (including phenoxy) is 1. The highest BCUT2D eigenvalue weighted by molar-refractivity contribution is 8.18. The number of carbonyl (C=O) groups excluding carboxylic acids is 1. The number of hydrogen-bond acceptors (Lipinski definition) is 4. The number of rotatable bonds is 6. The van der Waals surface area contributed by atoms with Gasteiger partial charge < -0.3 is 9.30 Å². The molecule has 2 heterocycles. The molecule has 0 unspecified atom stereocenters. The number of likely N-dealkylation sites (N-methyl/N-ethyl adjacent to an activating group) is 1. The minimum atomic E-state index is -0.00659. The number of amidine groups is 1. The Bertz CT molecular complexity index is 1240. The van der Waals surface area contributed by atoms with Crippen molar-refractivity contribution in [1.29, 1.82) is 0 Å². The molecule has 1 saturated heterocycles. The van der Waals surface area contributed by atoms with Crippen molar-refractivity contribution in [2.75, 3.05) is 13.2 Å². The molecule has 6 heteroatoms. The van der Waals surface area contributed by atoms with Crippen molar-refractivity contribution in [2.45, 2.75) is 34.6 Å². The Morgan fingerprint density at radius 3 is 2.42 bits per heavy atom. The van der Waals surface area contributed by atoms with Gasteiger partial charge in [0.05, 0.1) is 17.2 Å². The van der Waals surface area contributed by atoms with E-state index in [-0.39, 0.29) is 5.91 Å². The minimum absolute atomic E-state index is 0.00659. The number of nitrogens with zero attached hydrogens (tertiary/aromatic N) is 3. The van der Waals surface area contributed by atoms with E-state index in [1.54, 1.807) is 4.90 Å². The number of amides is 1. The number of aryl methyl sites for hydroxylation is 2. The molecule has 0 spiro atoms. The molecule has 0 radical (unpaired) electrons. The monoisotopic (exact) mass is 459 g/mol. The second kappa shape index (κ2) is 9.71. The van der Waals surface area contributed by atoms with Crippen LogP contribution < -0.4 is 4.74 Å². The highest BCUT2D eigenvalue weighted by Gasteiger charge is 2.32. The van der Waals surface area contributed by atoms with Crippen LogP contribution in [-0.2, 0) is 4.79 Å². The van der Waals surface area contributed by atoms with Crippen molar-refractivity contribution in [3.63, 3.8) is 0 Å². The molecule has 0 atom stereocenters. The largest absolute Gasteiger partial charge is 0.494 e. The molecule has 1 amide bonds. The van der Waals surface area contributed by atoms with Crippen LogP contribution in [0.25, 0.3) is 11.8 Å². The average molecular weight is 460 g/mol. The molecule has 3 aromatic rings. The lowest BCUT2D eigenvalue weighted by atomic mass is 10.2. The van der Waals surface area contributed by atoms with Crippen molar-refractivity contribution in [2.24, 2.45) is 4.99 Å². The van der Waals surface area contributed by atoms with E-state index in [1.807, 2.05) is 50.3 Å². The van der Waals surface area contributed by atoms with Crippen LogP contribution in [0.5, 0.6) is 5.75 Å². The third-order valence-electron chi connectivity index (χ3n) is 5.69. The molecule has 2 aromatic carbocycles. The average Bonchev–Trinajstić information content (AvgIpc) is 3.25. The van der Waals surface area contributed by atoms with Crippen molar-refractivity contribution < 1.29 is 9.53 Å². The van der Waals surface area contributed by atoms with E-state index in [2.05, 4.69) is 49.6 Å². The molecule has 0 aliphatic carbocycles. The summed E-state index contributed by atoms with van der Waals surface area (Å²) in [4.78, 5) is 20.3. The maximum Gasteiger partial charge on any atom is 0.266 e. The van der Waals surface area contributed by atoms with Gasteiger partial charge in [0, 0.05) is 23.6 Å². The van der Waals surface area contributed by atoms with Crippen molar-refractivity contribution in [3.05, 3.63) is 82.0 Å². The lowest BCUT2D eigenvalue weighted by Gasteiger charge is -2.12. The highest BCUT2D eigenvalue weighted by atomic mass is 32.2. The Kier molecular flexibility index (Phi) is 6.75. The number of hydrogen-bond donors (Lipinski definition) is 0. The maximum atomic E-state index is 13.1. The van der Waals surface area contributed by atoms with E-state index in [1.165, 1.54) is 17.3 Å². The molecular formula is C27H29N3O2S. The van der Waals surface area contributed by atoms with Gasteiger partial charge in [-0.25, -0.2) is 4.99 Å². The van der Waals surface area contributed by atoms with Crippen LogP contribution in [-0.4, -0.2) is 33.7 Å². The smallest absolute Gasteiger partial charge is 0.266 e. The van der Waals surface area contributed by atoms with E-state index >= 15 is 0 Å². The molecule has 0 saturated carbocycles. The van der Waals surface area contributed by atoms with Crippen LogP contribution in [0, 0.1) is 20.8 Å². The summed E-state index contributed by atoms with van der Waals surface area (Å²) in [5, 5.41) is 0.700. The van der Waals surface area contributed by atoms with Crippen LogP contribution in [0.3, 0.4) is 0 Å². The van der Waals surface area contributed by atoms with Gasteiger partial charge in [-0.3, -0.25) is 9.69 Å². The molecule has 1 aliphatic heterocycles. The first kappa shape index (κ1) is 22.9. The standard InChI is InChI=1S/C27H29N3O2S/c1-6-29-26(31)25(33-27(29)28-22-12-14-23(15-13-22)32-7-2)17-21-16-19(4)30(20(21)5)24-11-9-8-10-18(24)3/h8-17H,6-7H2,1-5H3/b25-17+,28-27?. The summed E-state index contributed by atoms with van der Waals surface area (Å²) >= 11 is 1.43. The fourth-order valence-electron chi connectivity index (χ4n) is 4.02. The van der Waals surface area contributed by atoms with E-state index in [0.29, 0.717) is 23.2 Å². The van der Waals surface area contributed by atoms with E-state index in [4.69, 9.17) is 9.73 Å². The molecule has 1 fully saturated rings. The fraction of sp³-hybridized carbons (Fsp3) is 0.259. The van der Waals surface area contributed by atoms with E-state index in [0.717, 1.165) is 34.1 Å². The molecule has 0 bridgehead atoms. The van der Waals surface area contributed by atoms with Crippen LogP contribution in [0.15, 0.2) is 64.5 Å². The van der Waals surface area contributed by atoms with Gasteiger partial charge in [0.2, 0.25) is 0 Å². The summed E-state index contributed by atoms with van der Waals surface area (Å²) in [6.07, 6.45) is 1.99. The zero-order valence-corrected chi connectivity index (χ0v) is 20.6. The van der Waals surface area contributed by atoms with Crippen molar-refractivity contribution >= 4 is 34.6 Å². The third-order valence-corrected chi connectivity index (χ3v) is 6.70. The van der Waals surface area contributed by atoms with E-state index < -0.39 is 0 Å². The third kappa shape index (κ3) is 4.62. The first-order valence-corrected chi connectivity index (χ1v) is 12.0. The van der Waals surface area contributed by atoms with Crippen LogP contribution in [0.2, 0.25) is 0 Å². The second-order valence-electron chi connectivity index (χ2n) is 7.93. The summed E-state index contributed by atoms with van der Waals surface area (Å²) < 4.78 is 7.75. The van der Waals surface area contributed by atoms with Gasteiger partial charge >= 0.3 is 0 Å². The number of aliphatic imine (C=N–C) groups is 1. The van der Waals surface area contributed by atoms with Crippen molar-refractivity contribution in [1.82, 2.24) is 9.47 Å². The number of aromatic nitrogens is 1. The summed E-state index contributed by atoms with van der Waals surface area (Å²) in [6.45, 7) is 11.4. The van der Waals surface area contributed by atoms with Crippen LogP contribution in [0.1, 0.15) is 36.4 Å². The predicted molar refractivity (Wildman–Crippen MR) is 138 cm³/mol.